The molecule has 14 heavy (non-hydrogen) atoms. The van der Waals surface area contributed by atoms with Crippen LogP contribution in [-0.2, 0) is 9.56 Å². The van der Waals surface area contributed by atoms with Crippen LogP contribution in [0.25, 0.3) is 0 Å². The van der Waals surface area contributed by atoms with Crippen molar-refractivity contribution < 1.29 is 9.56 Å². The number of hydrogen-bond donors (Lipinski definition) is 2. The zero-order valence-corrected chi connectivity index (χ0v) is 9.55. The summed E-state index contributed by atoms with van der Waals surface area (Å²) in [5.74, 6) is 0. The maximum Gasteiger partial charge on any atom is 0.0829 e. The molecule has 5 heteroatoms. The minimum atomic E-state index is -0.288. The van der Waals surface area contributed by atoms with Gasteiger partial charge in [-0.05, 0) is 31.6 Å². The number of hydrogen-bond acceptors (Lipinski definition) is 4. The Labute approximate surface area is 87.1 Å². The minimum absolute atomic E-state index is 0.144. The molecule has 4 N–H and O–H groups in total. The van der Waals surface area contributed by atoms with Crippen LogP contribution in [0.4, 0.5) is 0 Å². The summed E-state index contributed by atoms with van der Waals surface area (Å²) in [6.07, 6.45) is 7.83. The summed E-state index contributed by atoms with van der Waals surface area (Å²) in [5, 5.41) is 0. The number of unbranched alkanes of at least 4 members (excludes halogenated alkanes) is 2. The second-order valence-corrected chi connectivity index (χ2v) is 5.70. The van der Waals surface area contributed by atoms with Crippen molar-refractivity contribution in [2.75, 3.05) is 18.9 Å². The van der Waals surface area contributed by atoms with Gasteiger partial charge in [0.2, 0.25) is 0 Å². The molecule has 84 valence electrons. The van der Waals surface area contributed by atoms with Crippen LogP contribution in [-0.4, -0.2) is 25.1 Å². The second kappa shape index (κ2) is 7.55. The van der Waals surface area contributed by atoms with Crippen LogP contribution in [0.1, 0.15) is 32.1 Å². The molecule has 1 rings (SSSR count). The van der Waals surface area contributed by atoms with Gasteiger partial charge in [-0.2, -0.15) is 0 Å². The molecule has 1 aliphatic heterocycles. The van der Waals surface area contributed by atoms with Crippen molar-refractivity contribution in [3.05, 3.63) is 0 Å². The van der Waals surface area contributed by atoms with E-state index in [0.717, 1.165) is 32.0 Å². The molecule has 1 heterocycles. The van der Waals surface area contributed by atoms with Gasteiger partial charge in [0.1, 0.15) is 0 Å². The van der Waals surface area contributed by atoms with Crippen molar-refractivity contribution in [1.82, 2.24) is 0 Å². The smallest absolute Gasteiger partial charge is 0.0829 e. The Balaban J connectivity index is 1.87. The monoisotopic (exact) mass is 220 g/mol. The standard InChI is InChI=1S/C9H21N2O2P/c10-9(11)5-2-1-3-7-14-8-4-6-12-13-14/h9H,1-8,10-11H2. The summed E-state index contributed by atoms with van der Waals surface area (Å²) < 4.78 is 5.22. The highest BCUT2D eigenvalue weighted by molar-refractivity contribution is 7.52. The lowest BCUT2D eigenvalue weighted by molar-refractivity contribution is -0.206. The molecular formula is C9H21N2O2P. The summed E-state index contributed by atoms with van der Waals surface area (Å²) >= 11 is 0. The molecular weight excluding hydrogens is 199 g/mol. The Bertz CT molecular complexity index is 141. The first-order chi connectivity index (χ1) is 6.79. The Morgan fingerprint density at radius 1 is 1.21 bits per heavy atom. The highest BCUT2D eigenvalue weighted by Crippen LogP contribution is 2.41. The van der Waals surface area contributed by atoms with E-state index in [-0.39, 0.29) is 14.3 Å². The molecule has 0 bridgehead atoms. The fourth-order valence-corrected chi connectivity index (χ4v) is 3.10. The van der Waals surface area contributed by atoms with Gasteiger partial charge in [-0.15, -0.1) is 0 Å². The first-order valence-corrected chi connectivity index (χ1v) is 6.98. The van der Waals surface area contributed by atoms with Gasteiger partial charge in [0.05, 0.1) is 20.9 Å². The number of rotatable bonds is 6. The Morgan fingerprint density at radius 3 is 2.71 bits per heavy atom. The topological polar surface area (TPSA) is 70.5 Å². The number of nitrogens with two attached hydrogens (primary N) is 2. The molecule has 1 saturated heterocycles. The van der Waals surface area contributed by atoms with E-state index in [0.29, 0.717) is 0 Å². The summed E-state index contributed by atoms with van der Waals surface area (Å²) in [7, 11) is -0.288. The van der Waals surface area contributed by atoms with E-state index in [1.165, 1.54) is 19.0 Å². The summed E-state index contributed by atoms with van der Waals surface area (Å²) in [6, 6.07) is 0. The van der Waals surface area contributed by atoms with Crippen LogP contribution >= 0.6 is 8.15 Å². The average molecular weight is 220 g/mol. The normalized spacial score (nSPS) is 22.9. The summed E-state index contributed by atoms with van der Waals surface area (Å²) in [6.45, 7) is 0.765. The molecule has 0 aromatic rings. The van der Waals surface area contributed by atoms with Crippen molar-refractivity contribution >= 4 is 8.15 Å². The molecule has 1 atom stereocenters. The molecule has 0 saturated carbocycles. The zero-order valence-electron chi connectivity index (χ0n) is 8.65. The highest BCUT2D eigenvalue weighted by Gasteiger charge is 2.14. The van der Waals surface area contributed by atoms with E-state index in [4.69, 9.17) is 21.0 Å². The van der Waals surface area contributed by atoms with Crippen molar-refractivity contribution in [3.8, 4) is 0 Å². The molecule has 4 nitrogen and oxygen atoms in total. The lowest BCUT2D eigenvalue weighted by atomic mass is 10.2. The van der Waals surface area contributed by atoms with Crippen molar-refractivity contribution in [3.63, 3.8) is 0 Å². The van der Waals surface area contributed by atoms with E-state index in [2.05, 4.69) is 0 Å². The first-order valence-electron chi connectivity index (χ1n) is 5.35. The van der Waals surface area contributed by atoms with Crippen LogP contribution in [0, 0.1) is 0 Å². The summed E-state index contributed by atoms with van der Waals surface area (Å²) in [4.78, 5) is 4.97. The molecule has 0 spiro atoms. The van der Waals surface area contributed by atoms with E-state index < -0.39 is 0 Å². The van der Waals surface area contributed by atoms with Gasteiger partial charge in [0.15, 0.2) is 0 Å². The van der Waals surface area contributed by atoms with Gasteiger partial charge in [-0.3, -0.25) is 0 Å². The van der Waals surface area contributed by atoms with Crippen LogP contribution in [0.5, 0.6) is 0 Å². The van der Waals surface area contributed by atoms with Crippen molar-refractivity contribution in [2.24, 2.45) is 11.5 Å². The van der Waals surface area contributed by atoms with Crippen LogP contribution in [0.15, 0.2) is 0 Å². The molecule has 0 amide bonds. The predicted octanol–water partition coefficient (Wildman–Crippen LogP) is 1.54. The van der Waals surface area contributed by atoms with Crippen molar-refractivity contribution in [1.29, 1.82) is 0 Å². The molecule has 0 aliphatic carbocycles. The largest absolute Gasteiger partial charge is 0.316 e. The first kappa shape index (κ1) is 12.3. The quantitative estimate of drug-likeness (QED) is 0.308. The Hall–Kier alpha value is 0.270. The van der Waals surface area contributed by atoms with Crippen LogP contribution < -0.4 is 11.5 Å². The van der Waals surface area contributed by atoms with Gasteiger partial charge in [0, 0.05) is 0 Å². The van der Waals surface area contributed by atoms with E-state index in [9.17, 15) is 0 Å². The SMILES string of the molecule is NC(N)CCCCCP1CCCOO1. The maximum absolute atomic E-state index is 5.45. The zero-order chi connectivity index (χ0) is 10.2. The predicted molar refractivity (Wildman–Crippen MR) is 58.9 cm³/mol. The van der Waals surface area contributed by atoms with Gasteiger partial charge in [-0.1, -0.05) is 12.8 Å². The molecule has 1 aliphatic rings. The Morgan fingerprint density at radius 2 is 2.07 bits per heavy atom. The molecule has 0 radical (unpaired) electrons. The van der Waals surface area contributed by atoms with Gasteiger partial charge in [-0.25, -0.2) is 9.56 Å². The van der Waals surface area contributed by atoms with E-state index in [1.807, 2.05) is 0 Å². The lowest BCUT2D eigenvalue weighted by Crippen LogP contribution is -2.29. The molecule has 1 fully saturated rings. The third-order valence-corrected chi connectivity index (χ3v) is 4.18. The van der Waals surface area contributed by atoms with E-state index in [1.54, 1.807) is 0 Å². The van der Waals surface area contributed by atoms with Crippen molar-refractivity contribution in [2.45, 2.75) is 38.3 Å². The molecule has 0 aromatic heterocycles. The average Bonchev–Trinajstić information content (AvgIpc) is 2.18. The third kappa shape index (κ3) is 5.89. The third-order valence-electron chi connectivity index (χ3n) is 2.24. The fraction of sp³-hybridized carbons (Fsp3) is 1.00. The maximum atomic E-state index is 5.45. The highest BCUT2D eigenvalue weighted by atomic mass is 31.1. The minimum Gasteiger partial charge on any atom is -0.316 e. The van der Waals surface area contributed by atoms with Gasteiger partial charge < -0.3 is 11.5 Å². The Kier molecular flexibility index (Phi) is 6.65. The van der Waals surface area contributed by atoms with Gasteiger partial charge in [0.25, 0.3) is 0 Å². The molecule has 1 unspecified atom stereocenters. The fourth-order valence-electron chi connectivity index (χ4n) is 1.44. The summed E-state index contributed by atoms with van der Waals surface area (Å²) in [5.41, 5.74) is 10.9. The van der Waals surface area contributed by atoms with Gasteiger partial charge >= 0.3 is 0 Å². The second-order valence-electron chi connectivity index (χ2n) is 3.69. The lowest BCUT2D eigenvalue weighted by Gasteiger charge is -2.20. The van der Waals surface area contributed by atoms with E-state index >= 15 is 0 Å². The molecule has 0 aromatic carbocycles. The van der Waals surface area contributed by atoms with Crippen LogP contribution in [0.3, 0.4) is 0 Å². The van der Waals surface area contributed by atoms with Crippen LogP contribution in [0.2, 0.25) is 0 Å².